The Hall–Kier alpha value is -3.22. The van der Waals surface area contributed by atoms with Crippen LogP contribution in [-0.4, -0.2) is 32.7 Å². The molecule has 0 bridgehead atoms. The average Bonchev–Trinajstić information content (AvgIpc) is 3.13. The molecule has 7 nitrogen and oxygen atoms in total. The molecule has 0 aliphatic rings. The molecule has 7 heteroatoms. The third kappa shape index (κ3) is 4.20. The zero-order chi connectivity index (χ0) is 17.6. The normalized spacial score (nSPS) is 10.5. The fraction of sp³-hybridized carbons (Fsp3) is 0.222. The molecule has 0 radical (unpaired) electrons. The molecule has 0 aliphatic heterocycles. The number of hydrogen-bond acceptors (Lipinski definition) is 5. The minimum absolute atomic E-state index is 0.0505. The van der Waals surface area contributed by atoms with E-state index < -0.39 is 0 Å². The van der Waals surface area contributed by atoms with Crippen molar-refractivity contribution in [2.75, 3.05) is 11.9 Å². The molecule has 128 valence electrons. The summed E-state index contributed by atoms with van der Waals surface area (Å²) in [5.41, 5.74) is 5.08. The van der Waals surface area contributed by atoms with Crippen LogP contribution >= 0.6 is 0 Å². The van der Waals surface area contributed by atoms with Gasteiger partial charge in [-0.2, -0.15) is 0 Å². The molecule has 25 heavy (non-hydrogen) atoms. The Labute approximate surface area is 146 Å². The van der Waals surface area contributed by atoms with E-state index in [1.807, 2.05) is 56.3 Å². The Bertz CT molecular complexity index is 860. The van der Waals surface area contributed by atoms with Gasteiger partial charge >= 0.3 is 0 Å². The number of carbonyl (C=O) groups is 1. The number of nitrogens with zero attached hydrogens (tertiary/aromatic N) is 4. The van der Waals surface area contributed by atoms with Gasteiger partial charge in [-0.25, -0.2) is 4.68 Å². The van der Waals surface area contributed by atoms with Gasteiger partial charge in [0.2, 0.25) is 5.91 Å². The zero-order valence-corrected chi connectivity index (χ0v) is 14.2. The minimum atomic E-state index is -0.0505. The van der Waals surface area contributed by atoms with Gasteiger partial charge in [-0.1, -0.05) is 24.3 Å². The van der Waals surface area contributed by atoms with E-state index in [4.69, 9.17) is 0 Å². The molecule has 0 unspecified atom stereocenters. The lowest BCUT2D eigenvalue weighted by atomic mass is 10.1. The number of hydrogen-bond donors (Lipinski definition) is 2. The van der Waals surface area contributed by atoms with Crippen molar-refractivity contribution in [2.45, 2.75) is 20.4 Å². The van der Waals surface area contributed by atoms with Crippen LogP contribution in [0.1, 0.15) is 16.7 Å². The van der Waals surface area contributed by atoms with E-state index in [-0.39, 0.29) is 12.5 Å². The molecule has 0 aliphatic carbocycles. The molecule has 2 aromatic carbocycles. The van der Waals surface area contributed by atoms with Crippen LogP contribution in [0.25, 0.3) is 5.69 Å². The van der Waals surface area contributed by atoms with Crippen LogP contribution in [0.15, 0.2) is 48.8 Å². The first kappa shape index (κ1) is 16.6. The van der Waals surface area contributed by atoms with Crippen LogP contribution in [-0.2, 0) is 11.3 Å². The van der Waals surface area contributed by atoms with Gasteiger partial charge in [0.05, 0.1) is 12.2 Å². The molecular formula is C18H20N6O. The van der Waals surface area contributed by atoms with Gasteiger partial charge in [-0.05, 0) is 59.2 Å². The third-order valence-corrected chi connectivity index (χ3v) is 3.98. The van der Waals surface area contributed by atoms with Gasteiger partial charge in [0.25, 0.3) is 0 Å². The quantitative estimate of drug-likeness (QED) is 0.719. The van der Waals surface area contributed by atoms with Gasteiger partial charge in [0, 0.05) is 12.2 Å². The summed E-state index contributed by atoms with van der Waals surface area (Å²) in [5, 5.41) is 17.2. The summed E-state index contributed by atoms with van der Waals surface area (Å²) in [6.45, 7) is 4.76. The molecule has 3 aromatic rings. The second-order valence-corrected chi connectivity index (χ2v) is 5.81. The fourth-order valence-corrected chi connectivity index (χ4v) is 2.54. The molecule has 1 heterocycles. The second-order valence-electron chi connectivity index (χ2n) is 5.81. The molecule has 0 atom stereocenters. The maximum Gasteiger partial charge on any atom is 0.239 e. The molecule has 2 N–H and O–H groups in total. The molecule has 0 spiro atoms. The summed E-state index contributed by atoms with van der Waals surface area (Å²) in [4.78, 5) is 12.0. The summed E-state index contributed by atoms with van der Waals surface area (Å²) < 4.78 is 1.61. The highest BCUT2D eigenvalue weighted by Crippen LogP contribution is 2.17. The number of amides is 1. The van der Waals surface area contributed by atoms with Crippen LogP contribution < -0.4 is 10.6 Å². The molecule has 1 aromatic heterocycles. The van der Waals surface area contributed by atoms with E-state index in [1.54, 1.807) is 11.0 Å². The number of carbonyl (C=O) groups excluding carboxylic acids is 1. The van der Waals surface area contributed by atoms with Crippen molar-refractivity contribution >= 4 is 11.6 Å². The van der Waals surface area contributed by atoms with Gasteiger partial charge in [-0.3, -0.25) is 4.79 Å². The molecule has 0 fully saturated rings. The van der Waals surface area contributed by atoms with Crippen molar-refractivity contribution in [1.82, 2.24) is 25.5 Å². The Morgan fingerprint density at radius 1 is 1.12 bits per heavy atom. The van der Waals surface area contributed by atoms with Gasteiger partial charge in [0.1, 0.15) is 6.33 Å². The van der Waals surface area contributed by atoms with E-state index in [2.05, 4.69) is 26.2 Å². The van der Waals surface area contributed by atoms with Crippen LogP contribution in [0, 0.1) is 13.8 Å². The molecule has 1 amide bonds. The predicted molar refractivity (Wildman–Crippen MR) is 95.4 cm³/mol. The molecule has 3 rings (SSSR count). The minimum Gasteiger partial charge on any atom is -0.376 e. The largest absolute Gasteiger partial charge is 0.376 e. The monoisotopic (exact) mass is 336 g/mol. The van der Waals surface area contributed by atoms with E-state index in [9.17, 15) is 4.79 Å². The second kappa shape index (κ2) is 7.57. The van der Waals surface area contributed by atoms with Crippen molar-refractivity contribution in [3.63, 3.8) is 0 Å². The SMILES string of the molecule is Cc1ccccc1CNC(=O)CNc1ccc(-n2cnnn2)c(C)c1. The topological polar surface area (TPSA) is 84.7 Å². The zero-order valence-electron chi connectivity index (χ0n) is 14.2. The number of aromatic nitrogens is 4. The Kier molecular flexibility index (Phi) is 5.03. The maximum absolute atomic E-state index is 12.0. The van der Waals surface area contributed by atoms with Crippen LogP contribution in [0.2, 0.25) is 0 Å². The number of aryl methyl sites for hydroxylation is 2. The highest BCUT2D eigenvalue weighted by molar-refractivity contribution is 5.80. The van der Waals surface area contributed by atoms with Crippen LogP contribution in [0.4, 0.5) is 5.69 Å². The molecule has 0 saturated heterocycles. The lowest BCUT2D eigenvalue weighted by Gasteiger charge is -2.11. The lowest BCUT2D eigenvalue weighted by Crippen LogP contribution is -2.29. The maximum atomic E-state index is 12.0. The van der Waals surface area contributed by atoms with Crippen molar-refractivity contribution < 1.29 is 4.79 Å². The third-order valence-electron chi connectivity index (χ3n) is 3.98. The number of benzene rings is 2. The Morgan fingerprint density at radius 3 is 2.68 bits per heavy atom. The van der Waals surface area contributed by atoms with Gasteiger partial charge in [-0.15, -0.1) is 5.10 Å². The van der Waals surface area contributed by atoms with Gasteiger partial charge in [0.15, 0.2) is 0 Å². The summed E-state index contributed by atoms with van der Waals surface area (Å²) in [5.74, 6) is -0.0505. The van der Waals surface area contributed by atoms with Crippen LogP contribution in [0.5, 0.6) is 0 Å². The average molecular weight is 336 g/mol. The highest BCUT2D eigenvalue weighted by Gasteiger charge is 2.06. The first-order valence-corrected chi connectivity index (χ1v) is 8.02. The first-order chi connectivity index (χ1) is 12.1. The summed E-state index contributed by atoms with van der Waals surface area (Å²) in [6, 6.07) is 13.8. The summed E-state index contributed by atoms with van der Waals surface area (Å²) in [7, 11) is 0. The smallest absolute Gasteiger partial charge is 0.239 e. The van der Waals surface area contributed by atoms with Gasteiger partial charge < -0.3 is 10.6 Å². The van der Waals surface area contributed by atoms with Crippen molar-refractivity contribution in [1.29, 1.82) is 0 Å². The van der Waals surface area contributed by atoms with E-state index >= 15 is 0 Å². The lowest BCUT2D eigenvalue weighted by molar-refractivity contribution is -0.119. The van der Waals surface area contributed by atoms with Crippen molar-refractivity contribution in [3.05, 3.63) is 65.5 Å². The number of tetrazole rings is 1. The van der Waals surface area contributed by atoms with Crippen LogP contribution in [0.3, 0.4) is 0 Å². The number of rotatable bonds is 6. The summed E-state index contributed by atoms with van der Waals surface area (Å²) >= 11 is 0. The van der Waals surface area contributed by atoms with Crippen molar-refractivity contribution in [2.24, 2.45) is 0 Å². The molecule has 0 saturated carbocycles. The number of nitrogens with one attached hydrogen (secondary N) is 2. The predicted octanol–water partition coefficient (Wildman–Crippen LogP) is 2.01. The number of anilines is 1. The Balaban J connectivity index is 1.54. The fourth-order valence-electron chi connectivity index (χ4n) is 2.54. The van der Waals surface area contributed by atoms with E-state index in [1.165, 1.54) is 5.56 Å². The Morgan fingerprint density at radius 2 is 1.96 bits per heavy atom. The van der Waals surface area contributed by atoms with E-state index in [0.717, 1.165) is 22.5 Å². The van der Waals surface area contributed by atoms with Crippen molar-refractivity contribution in [3.8, 4) is 5.69 Å². The molecular weight excluding hydrogens is 316 g/mol. The highest BCUT2D eigenvalue weighted by atomic mass is 16.1. The van der Waals surface area contributed by atoms with E-state index in [0.29, 0.717) is 6.54 Å². The summed E-state index contributed by atoms with van der Waals surface area (Å²) in [6.07, 6.45) is 1.55. The first-order valence-electron chi connectivity index (χ1n) is 8.02. The standard InChI is InChI=1S/C18H20N6O/c1-13-5-3-4-6-15(13)10-20-18(25)11-19-16-7-8-17(14(2)9-16)24-12-21-22-23-24/h3-9,12,19H,10-11H2,1-2H3,(H,20,25).